The number of hydrogen-bond acceptors (Lipinski definition) is 7. The number of fused-ring (bicyclic) bond motifs is 1. The molecule has 2 heterocycles. The molecule has 0 spiro atoms. The van der Waals surface area contributed by atoms with Gasteiger partial charge in [0, 0.05) is 28.1 Å². The zero-order chi connectivity index (χ0) is 25.8. The van der Waals surface area contributed by atoms with Crippen molar-refractivity contribution in [3.8, 4) is 34.0 Å². The minimum Gasteiger partial charge on any atom is -0.493 e. The minimum absolute atomic E-state index is 0.152. The van der Waals surface area contributed by atoms with Gasteiger partial charge in [0.1, 0.15) is 0 Å². The third kappa shape index (κ3) is 5.47. The summed E-state index contributed by atoms with van der Waals surface area (Å²) in [5, 5.41) is 9.84. The van der Waals surface area contributed by atoms with Gasteiger partial charge in [-0.2, -0.15) is 10.1 Å². The zero-order valence-corrected chi connectivity index (χ0v) is 21.3. The lowest BCUT2D eigenvalue weighted by molar-refractivity contribution is -0.123. The van der Waals surface area contributed by atoms with Crippen LogP contribution in [0, 0.1) is 0 Å². The van der Waals surface area contributed by atoms with Gasteiger partial charge in [-0.25, -0.2) is 4.52 Å². The Hall–Kier alpha value is -4.21. The Labute approximate surface area is 221 Å². The highest BCUT2D eigenvalue weighted by Crippen LogP contribution is 2.34. The third-order valence-electron chi connectivity index (χ3n) is 5.55. The number of aromatic nitrogens is 3. The van der Waals surface area contributed by atoms with E-state index < -0.39 is 5.56 Å². The average Bonchev–Trinajstić information content (AvgIpc) is 3.33. The van der Waals surface area contributed by atoms with E-state index in [2.05, 4.69) is 15.4 Å². The van der Waals surface area contributed by atoms with E-state index in [0.29, 0.717) is 33.6 Å². The molecule has 0 bridgehead atoms. The molecule has 0 aliphatic carbocycles. The summed E-state index contributed by atoms with van der Waals surface area (Å²) < 4.78 is 12.9. The van der Waals surface area contributed by atoms with Crippen LogP contribution in [0.1, 0.15) is 5.56 Å². The topological polar surface area (TPSA) is 94.8 Å². The maximum absolute atomic E-state index is 12.6. The lowest BCUT2D eigenvalue weighted by atomic mass is 10.1. The monoisotopic (exact) mass is 532 g/mol. The van der Waals surface area contributed by atoms with Gasteiger partial charge in [-0.05, 0) is 35.9 Å². The molecule has 0 saturated carbocycles. The summed E-state index contributed by atoms with van der Waals surface area (Å²) in [7, 11) is 1.53. The van der Waals surface area contributed by atoms with Crippen molar-refractivity contribution in [3.05, 3.63) is 99.1 Å². The van der Waals surface area contributed by atoms with Gasteiger partial charge in [0.2, 0.25) is 4.96 Å². The molecule has 1 amide bonds. The van der Waals surface area contributed by atoms with Crippen molar-refractivity contribution < 1.29 is 14.3 Å². The molecule has 5 aromatic rings. The molecule has 186 valence electrons. The first-order valence-electron chi connectivity index (χ1n) is 11.3. The molecule has 1 N–H and O–H groups in total. The summed E-state index contributed by atoms with van der Waals surface area (Å²) >= 11 is 7.29. The van der Waals surface area contributed by atoms with Crippen LogP contribution >= 0.6 is 22.9 Å². The van der Waals surface area contributed by atoms with Gasteiger partial charge in [-0.3, -0.25) is 9.59 Å². The summed E-state index contributed by atoms with van der Waals surface area (Å²) in [6.07, 6.45) is 0. The van der Waals surface area contributed by atoms with Crippen LogP contribution in [0.5, 0.6) is 11.5 Å². The normalized spacial score (nSPS) is 10.9. The fraction of sp³-hybridized carbons (Fsp3) is 0.111. The van der Waals surface area contributed by atoms with Crippen molar-refractivity contribution in [2.24, 2.45) is 0 Å². The standard InChI is InChI=1S/C27H21ClN4O4S/c1-35-23-13-19(9-12-22(23)36-15-24(33)29-14-17-5-3-2-4-6-17)21-16-37-27-30-26(34)25(31-32(21)27)18-7-10-20(28)11-8-18/h2-13,16H,14-15H2,1H3,(H,29,33). The highest BCUT2D eigenvalue weighted by molar-refractivity contribution is 7.15. The number of carbonyl (C=O) groups excluding carboxylic acids is 1. The number of benzene rings is 3. The second-order valence-corrected chi connectivity index (χ2v) is 9.28. The SMILES string of the molecule is COc1cc(-c2csc3nc(=O)c(-c4ccc(Cl)cc4)nn23)ccc1OCC(=O)NCc1ccccc1. The largest absolute Gasteiger partial charge is 0.493 e. The summed E-state index contributed by atoms with van der Waals surface area (Å²) in [4.78, 5) is 29.5. The number of nitrogens with zero attached hydrogens (tertiary/aromatic N) is 3. The quantitative estimate of drug-likeness (QED) is 0.307. The Bertz CT molecular complexity index is 1620. The molecule has 2 aromatic heterocycles. The molecule has 0 aliphatic rings. The van der Waals surface area contributed by atoms with E-state index in [0.717, 1.165) is 16.8 Å². The van der Waals surface area contributed by atoms with Crippen LogP contribution in [-0.4, -0.2) is 34.2 Å². The number of methoxy groups -OCH3 is 1. The highest BCUT2D eigenvalue weighted by Gasteiger charge is 2.16. The summed E-state index contributed by atoms with van der Waals surface area (Å²) in [5.74, 6) is 0.646. The Kier molecular flexibility index (Phi) is 7.16. The van der Waals surface area contributed by atoms with E-state index in [4.69, 9.17) is 21.1 Å². The third-order valence-corrected chi connectivity index (χ3v) is 6.62. The van der Waals surface area contributed by atoms with Crippen LogP contribution in [0.4, 0.5) is 0 Å². The first-order chi connectivity index (χ1) is 18.0. The maximum Gasteiger partial charge on any atom is 0.300 e. The van der Waals surface area contributed by atoms with E-state index in [9.17, 15) is 9.59 Å². The number of thiazole rings is 1. The van der Waals surface area contributed by atoms with E-state index in [1.807, 2.05) is 41.8 Å². The Balaban J connectivity index is 1.36. The second kappa shape index (κ2) is 10.8. The predicted octanol–water partition coefficient (Wildman–Crippen LogP) is 4.84. The minimum atomic E-state index is -0.414. The van der Waals surface area contributed by atoms with Crippen molar-refractivity contribution >= 4 is 33.8 Å². The van der Waals surface area contributed by atoms with Crippen LogP contribution in [0.15, 0.2) is 83.0 Å². The number of ether oxygens (including phenoxy) is 2. The van der Waals surface area contributed by atoms with Crippen molar-refractivity contribution in [2.45, 2.75) is 6.54 Å². The summed E-state index contributed by atoms with van der Waals surface area (Å²) in [5.41, 5.74) is 2.95. The Morgan fingerprint density at radius 1 is 1.03 bits per heavy atom. The van der Waals surface area contributed by atoms with Gasteiger partial charge in [0.05, 0.1) is 12.8 Å². The van der Waals surface area contributed by atoms with Crippen molar-refractivity contribution in [1.29, 1.82) is 0 Å². The number of amides is 1. The number of nitrogens with one attached hydrogen (secondary N) is 1. The van der Waals surface area contributed by atoms with Crippen molar-refractivity contribution in [3.63, 3.8) is 0 Å². The molecule has 3 aromatic carbocycles. The molecule has 10 heteroatoms. The molecule has 0 aliphatic heterocycles. The molecule has 8 nitrogen and oxygen atoms in total. The molecule has 0 saturated heterocycles. The van der Waals surface area contributed by atoms with Gasteiger partial charge in [0.15, 0.2) is 23.8 Å². The predicted molar refractivity (Wildman–Crippen MR) is 143 cm³/mol. The summed E-state index contributed by atoms with van der Waals surface area (Å²) in [6.45, 7) is 0.270. The molecule has 0 fully saturated rings. The van der Waals surface area contributed by atoms with Crippen LogP contribution < -0.4 is 20.3 Å². The molecule has 0 radical (unpaired) electrons. The molecule has 37 heavy (non-hydrogen) atoms. The molecule has 0 atom stereocenters. The average molecular weight is 533 g/mol. The van der Waals surface area contributed by atoms with Gasteiger partial charge < -0.3 is 14.8 Å². The van der Waals surface area contributed by atoms with Crippen LogP contribution in [-0.2, 0) is 11.3 Å². The van der Waals surface area contributed by atoms with E-state index in [1.54, 1.807) is 40.9 Å². The van der Waals surface area contributed by atoms with E-state index >= 15 is 0 Å². The molecule has 5 rings (SSSR count). The highest BCUT2D eigenvalue weighted by atomic mass is 35.5. The van der Waals surface area contributed by atoms with Crippen LogP contribution in [0.2, 0.25) is 5.02 Å². The number of carbonyl (C=O) groups is 1. The van der Waals surface area contributed by atoms with Gasteiger partial charge in [0.25, 0.3) is 5.91 Å². The van der Waals surface area contributed by atoms with Gasteiger partial charge in [-0.15, -0.1) is 11.3 Å². The molecule has 0 unspecified atom stereocenters. The van der Waals surface area contributed by atoms with Crippen molar-refractivity contribution in [1.82, 2.24) is 19.9 Å². The van der Waals surface area contributed by atoms with Crippen LogP contribution in [0.25, 0.3) is 27.5 Å². The Morgan fingerprint density at radius 2 is 1.78 bits per heavy atom. The van der Waals surface area contributed by atoms with E-state index in [-0.39, 0.29) is 18.2 Å². The van der Waals surface area contributed by atoms with E-state index in [1.165, 1.54) is 18.4 Å². The van der Waals surface area contributed by atoms with Gasteiger partial charge >= 0.3 is 5.56 Å². The smallest absolute Gasteiger partial charge is 0.300 e. The number of rotatable bonds is 8. The van der Waals surface area contributed by atoms with Crippen LogP contribution in [0.3, 0.4) is 0 Å². The van der Waals surface area contributed by atoms with Crippen molar-refractivity contribution in [2.75, 3.05) is 13.7 Å². The number of halogens is 1. The molecular formula is C27H21ClN4O4S. The lowest BCUT2D eigenvalue weighted by Gasteiger charge is -2.12. The number of hydrogen-bond donors (Lipinski definition) is 1. The fourth-order valence-electron chi connectivity index (χ4n) is 3.68. The Morgan fingerprint density at radius 3 is 2.54 bits per heavy atom. The zero-order valence-electron chi connectivity index (χ0n) is 19.7. The molecular weight excluding hydrogens is 512 g/mol. The second-order valence-electron chi connectivity index (χ2n) is 8.00. The first kappa shape index (κ1) is 24.5. The maximum atomic E-state index is 12.6. The van der Waals surface area contributed by atoms with Gasteiger partial charge in [-0.1, -0.05) is 54.1 Å². The first-order valence-corrected chi connectivity index (χ1v) is 12.5. The fourth-order valence-corrected chi connectivity index (χ4v) is 4.63. The lowest BCUT2D eigenvalue weighted by Crippen LogP contribution is -2.28. The summed E-state index contributed by atoms with van der Waals surface area (Å²) in [6, 6.07) is 21.9.